The van der Waals surface area contributed by atoms with E-state index in [0.29, 0.717) is 5.00 Å². The van der Waals surface area contributed by atoms with Crippen molar-refractivity contribution in [1.29, 1.82) is 0 Å². The Hall–Kier alpha value is -3.78. The number of anilines is 2. The van der Waals surface area contributed by atoms with E-state index in [4.69, 9.17) is 17.0 Å². The number of hydrogen-bond donors (Lipinski definition) is 2. The highest BCUT2D eigenvalue weighted by Gasteiger charge is 2.41. The zero-order valence-electron chi connectivity index (χ0n) is 18.3. The number of carbonyl (C=O) groups excluding carboxylic acids is 1. The number of nitro benzene ring substituents is 1. The maximum absolute atomic E-state index is 13.2. The van der Waals surface area contributed by atoms with Crippen LogP contribution in [0.3, 0.4) is 0 Å². The van der Waals surface area contributed by atoms with Crippen LogP contribution in [0.1, 0.15) is 10.4 Å². The van der Waals surface area contributed by atoms with Crippen molar-refractivity contribution in [2.45, 2.75) is 12.3 Å². The van der Waals surface area contributed by atoms with E-state index >= 15 is 0 Å². The first-order valence-corrected chi connectivity index (χ1v) is 11.2. The van der Waals surface area contributed by atoms with Gasteiger partial charge in [-0.25, -0.2) is 13.6 Å². The minimum atomic E-state index is -4.45. The Labute approximate surface area is 211 Å². The van der Waals surface area contributed by atoms with Gasteiger partial charge >= 0.3 is 18.3 Å². The molecule has 190 valence electrons. The van der Waals surface area contributed by atoms with Gasteiger partial charge < -0.3 is 20.1 Å². The second-order valence-electron chi connectivity index (χ2n) is 7.11. The predicted molar refractivity (Wildman–Crippen MR) is 130 cm³/mol. The lowest BCUT2D eigenvalue weighted by Gasteiger charge is -2.16. The van der Waals surface area contributed by atoms with Crippen LogP contribution in [0.5, 0.6) is 5.75 Å². The maximum atomic E-state index is 13.2. The first-order chi connectivity index (χ1) is 17.0. The molecule has 0 saturated heterocycles. The summed E-state index contributed by atoms with van der Waals surface area (Å²) in [4.78, 5) is 23.4. The van der Waals surface area contributed by atoms with Gasteiger partial charge in [0, 0.05) is 17.0 Å². The molecule has 0 fully saturated rings. The van der Waals surface area contributed by atoms with Gasteiger partial charge in [-0.15, -0.1) is 11.3 Å². The van der Waals surface area contributed by atoms with Gasteiger partial charge in [-0.05, 0) is 23.8 Å². The average Bonchev–Trinajstić information content (AvgIpc) is 3.26. The number of nitrogens with zero attached hydrogens (tertiary/aromatic N) is 1. The van der Waals surface area contributed by atoms with Crippen molar-refractivity contribution in [2.24, 2.45) is 0 Å². The molecular formula is C22H17F4N3O5S2. The van der Waals surface area contributed by atoms with Crippen LogP contribution in [0.4, 0.5) is 33.9 Å². The molecule has 3 aromatic rings. The number of thiocarbonyl (C=S) groups is 1. The number of alkyl halides is 4. The number of esters is 1. The summed E-state index contributed by atoms with van der Waals surface area (Å²) >= 11 is 6.43. The molecule has 2 aromatic carbocycles. The highest BCUT2D eigenvalue weighted by molar-refractivity contribution is 7.80. The molecule has 36 heavy (non-hydrogen) atoms. The molecule has 1 aromatic heterocycles. The van der Waals surface area contributed by atoms with Crippen molar-refractivity contribution in [2.75, 3.05) is 24.4 Å². The van der Waals surface area contributed by atoms with Gasteiger partial charge in [0.2, 0.25) is 0 Å². The first kappa shape index (κ1) is 26.8. The number of hydrogen-bond acceptors (Lipinski definition) is 7. The monoisotopic (exact) mass is 543 g/mol. The molecule has 0 saturated carbocycles. The first-order valence-electron chi connectivity index (χ1n) is 9.94. The van der Waals surface area contributed by atoms with Crippen LogP contribution in [0.25, 0.3) is 10.4 Å². The van der Waals surface area contributed by atoms with E-state index in [2.05, 4.69) is 15.4 Å². The highest BCUT2D eigenvalue weighted by Crippen LogP contribution is 2.36. The maximum Gasteiger partial charge on any atom is 0.340 e. The van der Waals surface area contributed by atoms with Gasteiger partial charge in [-0.2, -0.15) is 8.78 Å². The number of nitrogens with one attached hydrogen (secondary N) is 2. The van der Waals surface area contributed by atoms with E-state index in [1.165, 1.54) is 18.4 Å². The molecule has 0 atom stereocenters. The van der Waals surface area contributed by atoms with Crippen LogP contribution < -0.4 is 15.4 Å². The van der Waals surface area contributed by atoms with E-state index in [1.54, 1.807) is 6.07 Å². The summed E-state index contributed by atoms with van der Waals surface area (Å²) < 4.78 is 60.7. The number of methoxy groups -OCH3 is 1. The van der Waals surface area contributed by atoms with E-state index in [1.807, 2.05) is 30.3 Å². The fourth-order valence-corrected chi connectivity index (χ4v) is 4.18. The number of ether oxygens (including phenoxy) is 2. The molecule has 0 spiro atoms. The Morgan fingerprint density at radius 1 is 1.17 bits per heavy atom. The lowest BCUT2D eigenvalue weighted by atomic mass is 10.1. The quantitative estimate of drug-likeness (QED) is 0.108. The number of non-ortho nitro benzene ring substituents is 1. The van der Waals surface area contributed by atoms with Crippen molar-refractivity contribution < 1.29 is 36.8 Å². The Kier molecular flexibility index (Phi) is 8.42. The Morgan fingerprint density at radius 2 is 1.86 bits per heavy atom. The zero-order chi connectivity index (χ0) is 26.5. The number of halogens is 4. The smallest absolute Gasteiger partial charge is 0.340 e. The van der Waals surface area contributed by atoms with Gasteiger partial charge in [0.1, 0.15) is 10.8 Å². The fraction of sp³-hybridized carbons (Fsp3) is 0.182. The van der Waals surface area contributed by atoms with Crippen LogP contribution in [-0.2, 0) is 4.74 Å². The Balaban J connectivity index is 1.82. The van der Waals surface area contributed by atoms with Gasteiger partial charge in [0.25, 0.3) is 5.69 Å². The number of carbonyl (C=O) groups is 1. The van der Waals surface area contributed by atoms with Crippen LogP contribution in [0.15, 0.2) is 54.6 Å². The lowest BCUT2D eigenvalue weighted by molar-refractivity contribution is -0.384. The van der Waals surface area contributed by atoms with Crippen molar-refractivity contribution in [3.63, 3.8) is 0 Å². The van der Waals surface area contributed by atoms with Crippen LogP contribution in [0.2, 0.25) is 0 Å². The molecular weight excluding hydrogens is 526 g/mol. The molecule has 14 heteroatoms. The van der Waals surface area contributed by atoms with Crippen LogP contribution in [0, 0.1) is 10.1 Å². The molecule has 0 bridgehead atoms. The summed E-state index contributed by atoms with van der Waals surface area (Å²) in [6, 6.07) is 13.7. The SMILES string of the molecule is COC(=O)c1cc(-c2ccccc2)sc1NC(=S)Nc1cc(OCC(F)(F)C(F)F)cc([N+](=O)[O-])c1. The molecule has 0 radical (unpaired) electrons. The number of benzene rings is 2. The zero-order valence-corrected chi connectivity index (χ0v) is 19.9. The second-order valence-corrected chi connectivity index (χ2v) is 8.57. The fourth-order valence-electron chi connectivity index (χ4n) is 2.84. The summed E-state index contributed by atoms with van der Waals surface area (Å²) in [5.41, 5.74) is 0.413. The number of thiophene rings is 1. The normalized spacial score (nSPS) is 11.2. The van der Waals surface area contributed by atoms with Gasteiger partial charge in [0.15, 0.2) is 11.7 Å². The molecule has 0 aliphatic heterocycles. The van der Waals surface area contributed by atoms with Crippen LogP contribution in [-0.4, -0.2) is 42.1 Å². The molecule has 0 amide bonds. The standard InChI is InChI=1S/C22H17F4N3O5S2/c1-33-19(30)16-10-17(12-5-3-2-4-6-12)36-18(16)28-21(35)27-13-7-14(29(31)32)9-15(8-13)34-11-22(25,26)20(23)24/h2-10,20H,11H2,1H3,(H2,27,28,35). The topological polar surface area (TPSA) is 103 Å². The van der Waals surface area contributed by atoms with Crippen LogP contribution >= 0.6 is 23.6 Å². The minimum absolute atomic E-state index is 0.0449. The molecule has 3 rings (SSSR count). The molecule has 8 nitrogen and oxygen atoms in total. The van der Waals surface area contributed by atoms with Crippen molar-refractivity contribution in [1.82, 2.24) is 0 Å². The van der Waals surface area contributed by atoms with Gasteiger partial charge in [-0.1, -0.05) is 30.3 Å². The minimum Gasteiger partial charge on any atom is -0.487 e. The van der Waals surface area contributed by atoms with Gasteiger partial charge in [0.05, 0.1) is 29.4 Å². The lowest BCUT2D eigenvalue weighted by Crippen LogP contribution is -2.33. The summed E-state index contributed by atoms with van der Waals surface area (Å²) in [7, 11) is 1.21. The number of nitro groups is 1. The highest BCUT2D eigenvalue weighted by atomic mass is 32.1. The van der Waals surface area contributed by atoms with Crippen molar-refractivity contribution in [3.05, 3.63) is 70.3 Å². The Bertz CT molecular complexity index is 1270. The molecule has 0 unspecified atom stereocenters. The summed E-state index contributed by atoms with van der Waals surface area (Å²) in [6.45, 7) is -1.69. The third-order valence-corrected chi connectivity index (χ3v) is 5.84. The molecule has 1 heterocycles. The van der Waals surface area contributed by atoms with E-state index < -0.39 is 41.3 Å². The Morgan fingerprint density at radius 3 is 2.47 bits per heavy atom. The van der Waals surface area contributed by atoms with E-state index in [-0.39, 0.29) is 16.4 Å². The largest absolute Gasteiger partial charge is 0.487 e. The third kappa shape index (κ3) is 6.66. The summed E-state index contributed by atoms with van der Waals surface area (Å²) in [6.07, 6.45) is -3.97. The van der Waals surface area contributed by atoms with Crippen molar-refractivity contribution >= 4 is 51.0 Å². The summed E-state index contributed by atoms with van der Waals surface area (Å²) in [5.74, 6) is -5.54. The van der Waals surface area contributed by atoms with Gasteiger partial charge in [-0.3, -0.25) is 10.1 Å². The van der Waals surface area contributed by atoms with Crippen molar-refractivity contribution in [3.8, 4) is 16.2 Å². The van der Waals surface area contributed by atoms with E-state index in [9.17, 15) is 32.5 Å². The molecule has 2 N–H and O–H groups in total. The summed E-state index contributed by atoms with van der Waals surface area (Å²) in [5, 5.41) is 16.9. The predicted octanol–water partition coefficient (Wildman–Crippen LogP) is 6.20. The third-order valence-electron chi connectivity index (χ3n) is 4.53. The average molecular weight is 544 g/mol. The molecule has 0 aliphatic carbocycles. The van der Waals surface area contributed by atoms with E-state index in [0.717, 1.165) is 28.6 Å². The second kappa shape index (κ2) is 11.3. The molecule has 0 aliphatic rings. The number of rotatable bonds is 9.